The van der Waals surface area contributed by atoms with E-state index in [9.17, 15) is 9.18 Å². The van der Waals surface area contributed by atoms with Gasteiger partial charge in [-0.3, -0.25) is 4.79 Å². The second-order valence-corrected chi connectivity index (χ2v) is 7.32. The summed E-state index contributed by atoms with van der Waals surface area (Å²) in [7, 11) is 1.59. The number of anilines is 1. The van der Waals surface area contributed by atoms with Crippen molar-refractivity contribution in [2.24, 2.45) is 0 Å². The number of methoxy groups -OCH3 is 1. The topological polar surface area (TPSA) is 62.4 Å². The highest BCUT2D eigenvalue weighted by Gasteiger charge is 2.33. The Morgan fingerprint density at radius 3 is 2.60 bits per heavy atom. The van der Waals surface area contributed by atoms with Crippen molar-refractivity contribution in [2.75, 3.05) is 12.4 Å². The molecule has 7 heteroatoms. The van der Waals surface area contributed by atoms with Crippen LogP contribution in [-0.2, 0) is 4.79 Å². The van der Waals surface area contributed by atoms with Crippen molar-refractivity contribution in [3.63, 3.8) is 0 Å². The predicted octanol–water partition coefficient (Wildman–Crippen LogP) is 4.42. The summed E-state index contributed by atoms with van der Waals surface area (Å²) in [5, 5.41) is 11.2. The van der Waals surface area contributed by atoms with Gasteiger partial charge in [0.25, 0.3) is 5.91 Å². The molecule has 1 unspecified atom stereocenters. The zero-order valence-corrected chi connectivity index (χ0v) is 17.3. The molecule has 3 N–H and O–H groups in total. The van der Waals surface area contributed by atoms with E-state index >= 15 is 0 Å². The van der Waals surface area contributed by atoms with Crippen molar-refractivity contribution in [1.82, 2.24) is 10.6 Å². The van der Waals surface area contributed by atoms with Gasteiger partial charge >= 0.3 is 0 Å². The van der Waals surface area contributed by atoms with E-state index in [4.69, 9.17) is 17.0 Å². The molecule has 1 heterocycles. The van der Waals surface area contributed by atoms with Crippen LogP contribution < -0.4 is 20.7 Å². The number of allylic oxidation sites excluding steroid dienone is 1. The fourth-order valence-electron chi connectivity index (χ4n) is 3.71. The van der Waals surface area contributed by atoms with E-state index in [1.54, 1.807) is 26.2 Å². The first kappa shape index (κ1) is 19.8. The van der Waals surface area contributed by atoms with Gasteiger partial charge in [0.1, 0.15) is 11.6 Å². The number of fused-ring (bicyclic) bond motifs is 1. The van der Waals surface area contributed by atoms with Crippen molar-refractivity contribution < 1.29 is 13.9 Å². The van der Waals surface area contributed by atoms with Crippen LogP contribution in [0, 0.1) is 5.82 Å². The van der Waals surface area contributed by atoms with Crippen LogP contribution in [-0.4, -0.2) is 18.1 Å². The van der Waals surface area contributed by atoms with Crippen LogP contribution in [0.5, 0.6) is 5.75 Å². The van der Waals surface area contributed by atoms with Crippen LogP contribution in [0.15, 0.2) is 71.9 Å². The lowest BCUT2D eigenvalue weighted by molar-refractivity contribution is -0.113. The maximum absolute atomic E-state index is 14.1. The number of thiocarbonyl (C=S) groups is 1. The van der Waals surface area contributed by atoms with Gasteiger partial charge in [-0.25, -0.2) is 4.39 Å². The predicted molar refractivity (Wildman–Crippen MR) is 120 cm³/mol. The van der Waals surface area contributed by atoms with E-state index in [0.29, 0.717) is 22.1 Å². The second-order valence-electron chi connectivity index (χ2n) is 6.91. The first-order chi connectivity index (χ1) is 14.5. The highest BCUT2D eigenvalue weighted by atomic mass is 32.1. The molecule has 3 aromatic rings. The summed E-state index contributed by atoms with van der Waals surface area (Å²) in [6.45, 7) is 1.77. The Hall–Kier alpha value is -3.45. The Kier molecular flexibility index (Phi) is 5.37. The number of nitrogens with one attached hydrogen (secondary N) is 3. The van der Waals surface area contributed by atoms with Crippen LogP contribution >= 0.6 is 12.2 Å². The SMILES string of the molecule is COc1ccc2ccccc2c1C1NC(=S)NC(C)=C1C(=O)Nc1ccccc1F. The highest BCUT2D eigenvalue weighted by molar-refractivity contribution is 7.80. The third-order valence-electron chi connectivity index (χ3n) is 5.08. The van der Waals surface area contributed by atoms with E-state index in [1.807, 2.05) is 36.4 Å². The molecule has 1 amide bonds. The number of ether oxygens (including phenoxy) is 1. The molecular formula is C23H20FN3O2S. The number of carbonyl (C=O) groups is 1. The summed E-state index contributed by atoms with van der Waals surface area (Å²) in [4.78, 5) is 13.3. The maximum Gasteiger partial charge on any atom is 0.255 e. The number of benzene rings is 3. The van der Waals surface area contributed by atoms with Crippen LogP contribution in [0.2, 0.25) is 0 Å². The van der Waals surface area contributed by atoms with Crippen LogP contribution in [0.4, 0.5) is 10.1 Å². The number of rotatable bonds is 4. The largest absolute Gasteiger partial charge is 0.496 e. The van der Waals surface area contributed by atoms with Crippen LogP contribution in [0.1, 0.15) is 18.5 Å². The van der Waals surface area contributed by atoms with E-state index in [-0.39, 0.29) is 5.69 Å². The number of hydrogen-bond acceptors (Lipinski definition) is 3. The molecule has 0 aromatic heterocycles. The third-order valence-corrected chi connectivity index (χ3v) is 5.30. The van der Waals surface area contributed by atoms with E-state index in [1.165, 1.54) is 12.1 Å². The number of halogens is 1. The Morgan fingerprint density at radius 2 is 1.83 bits per heavy atom. The van der Waals surface area contributed by atoms with Gasteiger partial charge < -0.3 is 20.7 Å². The Balaban J connectivity index is 1.85. The van der Waals surface area contributed by atoms with Crippen LogP contribution in [0.25, 0.3) is 10.8 Å². The number of carbonyl (C=O) groups excluding carboxylic acids is 1. The molecule has 1 aliphatic heterocycles. The van der Waals surface area contributed by atoms with E-state index in [2.05, 4.69) is 16.0 Å². The number of hydrogen-bond donors (Lipinski definition) is 3. The molecule has 0 saturated carbocycles. The lowest BCUT2D eigenvalue weighted by Gasteiger charge is -2.32. The molecule has 0 radical (unpaired) electrons. The van der Waals surface area contributed by atoms with Gasteiger partial charge in [-0.2, -0.15) is 0 Å². The lowest BCUT2D eigenvalue weighted by Crippen LogP contribution is -2.46. The minimum Gasteiger partial charge on any atom is -0.496 e. The summed E-state index contributed by atoms with van der Waals surface area (Å²) >= 11 is 5.36. The summed E-state index contributed by atoms with van der Waals surface area (Å²) < 4.78 is 19.7. The van der Waals surface area contributed by atoms with Gasteiger partial charge in [0.05, 0.1) is 24.4 Å². The van der Waals surface area contributed by atoms with Crippen molar-refractivity contribution in [3.05, 3.63) is 83.3 Å². The first-order valence-electron chi connectivity index (χ1n) is 9.39. The van der Waals surface area contributed by atoms with Gasteiger partial charge in [0, 0.05) is 11.3 Å². The van der Waals surface area contributed by atoms with Gasteiger partial charge in [0.15, 0.2) is 5.11 Å². The van der Waals surface area contributed by atoms with Crippen molar-refractivity contribution in [1.29, 1.82) is 0 Å². The standard InChI is InChI=1S/C23H20FN3O2S/c1-13-19(22(28)26-17-10-6-5-9-16(17)24)21(27-23(30)25-13)20-15-8-4-3-7-14(15)11-12-18(20)29-2/h3-12,21H,1-2H3,(H,26,28)(H2,25,27,30). The lowest BCUT2D eigenvalue weighted by atomic mass is 9.90. The average molecular weight is 421 g/mol. The molecule has 152 valence electrons. The Morgan fingerprint density at radius 1 is 1.10 bits per heavy atom. The average Bonchev–Trinajstić information content (AvgIpc) is 2.73. The Bertz CT molecular complexity index is 1190. The summed E-state index contributed by atoms with van der Waals surface area (Å²) in [6, 6.07) is 17.2. The molecular weight excluding hydrogens is 401 g/mol. The van der Waals surface area contributed by atoms with Gasteiger partial charge in [-0.15, -0.1) is 0 Å². The molecule has 1 aliphatic rings. The van der Waals surface area contributed by atoms with Gasteiger partial charge in [-0.05, 0) is 48.1 Å². The van der Waals surface area contributed by atoms with E-state index < -0.39 is 17.8 Å². The molecule has 4 rings (SSSR count). The van der Waals surface area contributed by atoms with Crippen molar-refractivity contribution >= 4 is 39.7 Å². The third kappa shape index (κ3) is 3.59. The van der Waals surface area contributed by atoms with Crippen molar-refractivity contribution in [3.8, 4) is 5.75 Å². The minimum atomic E-state index is -0.577. The van der Waals surface area contributed by atoms with E-state index in [0.717, 1.165) is 16.3 Å². The molecule has 3 aromatic carbocycles. The highest BCUT2D eigenvalue weighted by Crippen LogP contribution is 2.38. The Labute approximate surface area is 178 Å². The molecule has 0 fully saturated rings. The fourth-order valence-corrected chi connectivity index (χ4v) is 3.99. The molecule has 0 aliphatic carbocycles. The van der Waals surface area contributed by atoms with Gasteiger partial charge in [-0.1, -0.05) is 42.5 Å². The zero-order chi connectivity index (χ0) is 21.3. The summed E-state index contributed by atoms with van der Waals surface area (Å²) in [5.74, 6) is -0.310. The monoisotopic (exact) mass is 421 g/mol. The summed E-state index contributed by atoms with van der Waals surface area (Å²) in [5.41, 5.74) is 1.89. The molecule has 0 saturated heterocycles. The quantitative estimate of drug-likeness (QED) is 0.545. The molecule has 0 spiro atoms. The molecule has 30 heavy (non-hydrogen) atoms. The van der Waals surface area contributed by atoms with Crippen LogP contribution in [0.3, 0.4) is 0 Å². The smallest absolute Gasteiger partial charge is 0.255 e. The normalized spacial score (nSPS) is 16.1. The zero-order valence-electron chi connectivity index (χ0n) is 16.5. The first-order valence-corrected chi connectivity index (χ1v) is 9.80. The fraction of sp³-hybridized carbons (Fsp3) is 0.130. The maximum atomic E-state index is 14.1. The number of para-hydroxylation sites is 1. The second kappa shape index (κ2) is 8.12. The number of amides is 1. The van der Waals surface area contributed by atoms with Crippen molar-refractivity contribution in [2.45, 2.75) is 13.0 Å². The summed E-state index contributed by atoms with van der Waals surface area (Å²) in [6.07, 6.45) is 0. The molecule has 5 nitrogen and oxygen atoms in total. The minimum absolute atomic E-state index is 0.111. The molecule has 1 atom stereocenters. The van der Waals surface area contributed by atoms with Gasteiger partial charge in [0.2, 0.25) is 0 Å². The molecule has 0 bridgehead atoms.